The molecule has 0 fully saturated rings. The van der Waals surface area contributed by atoms with Crippen molar-refractivity contribution in [3.8, 4) is 0 Å². The number of rotatable bonds is 9. The van der Waals surface area contributed by atoms with E-state index >= 15 is 0 Å². The maximum Gasteiger partial charge on any atom is 0.133 e. The van der Waals surface area contributed by atoms with Gasteiger partial charge in [-0.1, -0.05) is 43.7 Å². The predicted molar refractivity (Wildman–Crippen MR) is 93.5 cm³/mol. The second kappa shape index (κ2) is 9.03. The van der Waals surface area contributed by atoms with Crippen LogP contribution in [0.15, 0.2) is 42.7 Å². The Kier molecular flexibility index (Phi) is 6.68. The first-order valence-electron chi connectivity index (χ1n) is 8.10. The summed E-state index contributed by atoms with van der Waals surface area (Å²) in [4.78, 5) is 10.8. The highest BCUT2D eigenvalue weighted by atomic mass is 15.2. The molecule has 0 saturated carbocycles. The zero-order chi connectivity index (χ0) is 15.6. The first-order chi connectivity index (χ1) is 10.8. The summed E-state index contributed by atoms with van der Waals surface area (Å²) in [5.41, 5.74) is 1.38. The molecule has 4 heteroatoms. The largest absolute Gasteiger partial charge is 0.370 e. The van der Waals surface area contributed by atoms with Crippen LogP contribution in [0.1, 0.15) is 31.7 Å². The molecule has 1 heterocycles. The highest BCUT2D eigenvalue weighted by molar-refractivity contribution is 5.47. The average Bonchev–Trinajstić information content (AvgIpc) is 2.58. The summed E-state index contributed by atoms with van der Waals surface area (Å²) < 4.78 is 0. The zero-order valence-electron chi connectivity index (χ0n) is 13.6. The molecule has 0 aliphatic heterocycles. The molecular formula is C18H26N4. The molecule has 0 unspecified atom stereocenters. The topological polar surface area (TPSA) is 41.0 Å². The van der Waals surface area contributed by atoms with Gasteiger partial charge in [-0.05, 0) is 24.8 Å². The van der Waals surface area contributed by atoms with Crippen molar-refractivity contribution in [1.29, 1.82) is 0 Å². The highest BCUT2D eigenvalue weighted by Gasteiger charge is 2.03. The van der Waals surface area contributed by atoms with E-state index < -0.39 is 0 Å². The second-order valence-electron chi connectivity index (χ2n) is 5.55. The Labute approximate surface area is 133 Å². The van der Waals surface area contributed by atoms with Crippen LogP contribution in [0.3, 0.4) is 0 Å². The molecule has 0 spiro atoms. The van der Waals surface area contributed by atoms with Crippen LogP contribution in [0.4, 0.5) is 11.6 Å². The lowest BCUT2D eigenvalue weighted by Gasteiger charge is -2.18. The van der Waals surface area contributed by atoms with Crippen LogP contribution in [0.5, 0.6) is 0 Å². The average molecular weight is 298 g/mol. The van der Waals surface area contributed by atoms with Gasteiger partial charge in [0.25, 0.3) is 0 Å². The number of nitrogens with zero attached hydrogens (tertiary/aromatic N) is 3. The minimum Gasteiger partial charge on any atom is -0.370 e. The van der Waals surface area contributed by atoms with Crippen LogP contribution in [0.25, 0.3) is 0 Å². The number of nitrogens with one attached hydrogen (secondary N) is 1. The van der Waals surface area contributed by atoms with Crippen LogP contribution in [0.2, 0.25) is 0 Å². The molecule has 1 aromatic heterocycles. The maximum atomic E-state index is 4.34. The number of hydrogen-bond acceptors (Lipinski definition) is 4. The van der Waals surface area contributed by atoms with Crippen molar-refractivity contribution in [3.05, 3.63) is 48.3 Å². The Hall–Kier alpha value is -2.10. The van der Waals surface area contributed by atoms with Crippen molar-refractivity contribution in [1.82, 2.24) is 9.97 Å². The van der Waals surface area contributed by atoms with Crippen molar-refractivity contribution in [3.63, 3.8) is 0 Å². The maximum absolute atomic E-state index is 4.34. The number of aryl methyl sites for hydroxylation is 1. The van der Waals surface area contributed by atoms with Gasteiger partial charge >= 0.3 is 0 Å². The number of benzene rings is 1. The van der Waals surface area contributed by atoms with Crippen LogP contribution in [-0.2, 0) is 6.42 Å². The van der Waals surface area contributed by atoms with Crippen molar-refractivity contribution in [2.24, 2.45) is 0 Å². The summed E-state index contributed by atoms with van der Waals surface area (Å²) in [5, 5.41) is 3.39. The van der Waals surface area contributed by atoms with Gasteiger partial charge in [-0.3, -0.25) is 0 Å². The molecule has 0 amide bonds. The molecule has 0 aliphatic rings. The van der Waals surface area contributed by atoms with Gasteiger partial charge in [0.05, 0.1) is 0 Å². The summed E-state index contributed by atoms with van der Waals surface area (Å²) in [6.07, 6.45) is 6.19. The first-order valence-corrected chi connectivity index (χ1v) is 8.10. The molecule has 118 valence electrons. The Balaban J connectivity index is 1.78. The molecule has 22 heavy (non-hydrogen) atoms. The summed E-state index contributed by atoms with van der Waals surface area (Å²) in [5.74, 6) is 1.88. The predicted octanol–water partition coefficient (Wildman–Crippen LogP) is 3.76. The fraction of sp³-hybridized carbons (Fsp3) is 0.444. The van der Waals surface area contributed by atoms with E-state index in [1.54, 1.807) is 6.33 Å². The van der Waals surface area contributed by atoms with E-state index in [0.29, 0.717) is 0 Å². The molecule has 4 nitrogen and oxygen atoms in total. The number of anilines is 2. The van der Waals surface area contributed by atoms with Gasteiger partial charge in [-0.15, -0.1) is 0 Å². The van der Waals surface area contributed by atoms with E-state index in [1.165, 1.54) is 18.4 Å². The molecule has 1 aromatic carbocycles. The molecule has 0 radical (unpaired) electrons. The quantitative estimate of drug-likeness (QED) is 0.716. The van der Waals surface area contributed by atoms with Crippen LogP contribution in [0, 0.1) is 0 Å². The molecule has 2 rings (SSSR count). The first kappa shape index (κ1) is 16.3. The fourth-order valence-corrected chi connectivity index (χ4v) is 2.32. The normalized spacial score (nSPS) is 10.5. The minimum absolute atomic E-state index is 0.904. The van der Waals surface area contributed by atoms with Gasteiger partial charge in [-0.2, -0.15) is 0 Å². The van der Waals surface area contributed by atoms with E-state index in [4.69, 9.17) is 0 Å². The van der Waals surface area contributed by atoms with E-state index in [1.807, 2.05) is 6.07 Å². The summed E-state index contributed by atoms with van der Waals surface area (Å²) in [7, 11) is 2.08. The number of aromatic nitrogens is 2. The Morgan fingerprint density at radius 3 is 2.68 bits per heavy atom. The SMILES string of the molecule is CCCCN(C)c1cc(NCCCc2ccccc2)ncn1. The molecule has 1 N–H and O–H groups in total. The monoisotopic (exact) mass is 298 g/mol. The van der Waals surface area contributed by atoms with Gasteiger partial charge in [0.1, 0.15) is 18.0 Å². The molecule has 0 aliphatic carbocycles. The van der Waals surface area contributed by atoms with Crippen molar-refractivity contribution >= 4 is 11.6 Å². The van der Waals surface area contributed by atoms with Crippen LogP contribution >= 0.6 is 0 Å². The Morgan fingerprint density at radius 2 is 1.91 bits per heavy atom. The molecule has 2 aromatic rings. The van der Waals surface area contributed by atoms with Crippen molar-refractivity contribution in [2.75, 3.05) is 30.4 Å². The molecule has 0 saturated heterocycles. The lowest BCUT2D eigenvalue weighted by molar-refractivity contribution is 0.758. The van der Waals surface area contributed by atoms with E-state index in [0.717, 1.165) is 37.6 Å². The van der Waals surface area contributed by atoms with Gasteiger partial charge in [0.2, 0.25) is 0 Å². The summed E-state index contributed by atoms with van der Waals surface area (Å²) >= 11 is 0. The summed E-state index contributed by atoms with van der Waals surface area (Å²) in [6, 6.07) is 12.6. The van der Waals surface area contributed by atoms with Crippen molar-refractivity contribution < 1.29 is 0 Å². The third kappa shape index (κ3) is 5.35. The zero-order valence-corrected chi connectivity index (χ0v) is 13.6. The number of unbranched alkanes of at least 4 members (excludes halogenated alkanes) is 1. The number of hydrogen-bond donors (Lipinski definition) is 1. The lowest BCUT2D eigenvalue weighted by atomic mass is 10.1. The Bertz CT molecular complexity index is 542. The van der Waals surface area contributed by atoms with Gasteiger partial charge in [0.15, 0.2) is 0 Å². The smallest absolute Gasteiger partial charge is 0.133 e. The fourth-order valence-electron chi connectivity index (χ4n) is 2.32. The van der Waals surface area contributed by atoms with E-state index in [9.17, 15) is 0 Å². The van der Waals surface area contributed by atoms with Gasteiger partial charge < -0.3 is 10.2 Å². The van der Waals surface area contributed by atoms with Crippen molar-refractivity contribution in [2.45, 2.75) is 32.6 Å². The van der Waals surface area contributed by atoms with Crippen LogP contribution < -0.4 is 10.2 Å². The van der Waals surface area contributed by atoms with Gasteiger partial charge in [-0.25, -0.2) is 9.97 Å². The third-order valence-corrected chi connectivity index (χ3v) is 3.68. The summed E-state index contributed by atoms with van der Waals surface area (Å²) in [6.45, 7) is 4.15. The molecular weight excluding hydrogens is 272 g/mol. The van der Waals surface area contributed by atoms with E-state index in [2.05, 4.69) is 64.5 Å². The lowest BCUT2D eigenvalue weighted by Crippen LogP contribution is -2.20. The Morgan fingerprint density at radius 1 is 1.09 bits per heavy atom. The molecule has 0 atom stereocenters. The minimum atomic E-state index is 0.904. The van der Waals surface area contributed by atoms with Gasteiger partial charge in [0, 0.05) is 26.2 Å². The third-order valence-electron chi connectivity index (χ3n) is 3.68. The standard InChI is InChI=1S/C18H26N4/c1-3-4-13-22(2)18-14-17(20-15-21-18)19-12-8-11-16-9-6-5-7-10-16/h5-7,9-10,14-15H,3-4,8,11-13H2,1-2H3,(H,19,20,21). The second-order valence-corrected chi connectivity index (χ2v) is 5.55. The highest BCUT2D eigenvalue weighted by Crippen LogP contribution is 2.13. The van der Waals surface area contributed by atoms with Crippen LogP contribution in [-0.4, -0.2) is 30.1 Å². The van der Waals surface area contributed by atoms with E-state index in [-0.39, 0.29) is 0 Å². The molecule has 0 bridgehead atoms.